The van der Waals surface area contributed by atoms with Gasteiger partial charge in [-0.05, 0) is 6.42 Å². The molecule has 1 atom stereocenters. The molecule has 1 rings (SSSR count). The van der Waals surface area contributed by atoms with Gasteiger partial charge in [-0.1, -0.05) is 13.3 Å². The lowest BCUT2D eigenvalue weighted by Crippen LogP contribution is -2.29. The first-order valence-corrected chi connectivity index (χ1v) is 4.99. The van der Waals surface area contributed by atoms with Gasteiger partial charge in [-0.2, -0.15) is 5.26 Å². The van der Waals surface area contributed by atoms with Crippen LogP contribution < -0.4 is 11.1 Å². The highest BCUT2D eigenvalue weighted by atomic mass is 15.0. The van der Waals surface area contributed by atoms with E-state index >= 15 is 0 Å². The molecule has 80 valence electrons. The van der Waals surface area contributed by atoms with Crippen LogP contribution >= 0.6 is 0 Å². The lowest BCUT2D eigenvalue weighted by atomic mass is 10.1. The van der Waals surface area contributed by atoms with E-state index in [9.17, 15) is 0 Å². The summed E-state index contributed by atoms with van der Waals surface area (Å²) in [7, 11) is 0. The van der Waals surface area contributed by atoms with Crippen LogP contribution in [0, 0.1) is 11.3 Å². The van der Waals surface area contributed by atoms with Crippen molar-refractivity contribution in [2.75, 3.05) is 11.9 Å². The van der Waals surface area contributed by atoms with E-state index in [0.717, 1.165) is 12.8 Å². The molecule has 1 unspecified atom stereocenters. The Kier molecular flexibility index (Phi) is 4.51. The zero-order valence-electron chi connectivity index (χ0n) is 8.77. The van der Waals surface area contributed by atoms with E-state index in [0.29, 0.717) is 18.1 Å². The molecule has 0 aliphatic rings. The van der Waals surface area contributed by atoms with Crippen molar-refractivity contribution in [1.82, 2.24) is 9.97 Å². The van der Waals surface area contributed by atoms with E-state index in [1.807, 2.05) is 6.07 Å². The number of nitrogens with two attached hydrogens (primary N) is 1. The molecule has 3 N–H and O–H groups in total. The Hall–Kier alpha value is -1.67. The monoisotopic (exact) mass is 205 g/mol. The van der Waals surface area contributed by atoms with Crippen LogP contribution in [0.3, 0.4) is 0 Å². The Morgan fingerprint density at radius 3 is 2.87 bits per heavy atom. The molecule has 5 nitrogen and oxygen atoms in total. The Morgan fingerprint density at radius 1 is 1.53 bits per heavy atom. The van der Waals surface area contributed by atoms with Crippen LogP contribution in [0.5, 0.6) is 0 Å². The van der Waals surface area contributed by atoms with E-state index in [-0.39, 0.29) is 6.04 Å². The van der Waals surface area contributed by atoms with E-state index < -0.39 is 0 Å². The third-order valence-corrected chi connectivity index (χ3v) is 2.07. The Balaban J connectivity index is 2.74. The largest absolute Gasteiger partial charge is 0.364 e. The summed E-state index contributed by atoms with van der Waals surface area (Å²) < 4.78 is 0. The van der Waals surface area contributed by atoms with Crippen LogP contribution in [0.25, 0.3) is 0 Å². The van der Waals surface area contributed by atoms with Gasteiger partial charge in [-0.15, -0.1) is 0 Å². The van der Waals surface area contributed by atoms with Crippen molar-refractivity contribution < 1.29 is 0 Å². The molecule has 1 heterocycles. The summed E-state index contributed by atoms with van der Waals surface area (Å²) in [4.78, 5) is 7.99. The lowest BCUT2D eigenvalue weighted by Gasteiger charge is -2.16. The minimum Gasteiger partial charge on any atom is -0.364 e. The molecule has 0 radical (unpaired) electrons. The number of nitrogens with one attached hydrogen (secondary N) is 1. The maximum absolute atomic E-state index is 8.81. The van der Waals surface area contributed by atoms with Gasteiger partial charge >= 0.3 is 0 Å². The molecule has 0 aliphatic heterocycles. The smallest absolute Gasteiger partial charge is 0.182 e. The summed E-state index contributed by atoms with van der Waals surface area (Å²) in [6.07, 6.45) is 5.05. The van der Waals surface area contributed by atoms with Crippen LogP contribution in [-0.2, 0) is 0 Å². The van der Waals surface area contributed by atoms with Crippen molar-refractivity contribution in [3.8, 4) is 6.07 Å². The van der Waals surface area contributed by atoms with E-state index in [1.54, 1.807) is 6.20 Å². The van der Waals surface area contributed by atoms with E-state index in [4.69, 9.17) is 11.0 Å². The molecule has 1 aromatic rings. The second-order valence-corrected chi connectivity index (χ2v) is 3.23. The van der Waals surface area contributed by atoms with Gasteiger partial charge in [0.1, 0.15) is 6.07 Å². The van der Waals surface area contributed by atoms with Crippen molar-refractivity contribution >= 4 is 5.82 Å². The molecule has 0 saturated carbocycles. The van der Waals surface area contributed by atoms with Gasteiger partial charge in [0, 0.05) is 25.0 Å². The zero-order valence-corrected chi connectivity index (χ0v) is 8.77. The molecule has 0 fully saturated rings. The fourth-order valence-corrected chi connectivity index (χ4v) is 1.32. The number of rotatable bonds is 5. The number of anilines is 1. The highest BCUT2D eigenvalue weighted by Gasteiger charge is 2.09. The zero-order chi connectivity index (χ0) is 11.1. The van der Waals surface area contributed by atoms with Gasteiger partial charge in [-0.3, -0.25) is 0 Å². The maximum Gasteiger partial charge on any atom is 0.182 e. The molecule has 0 bridgehead atoms. The van der Waals surface area contributed by atoms with Gasteiger partial charge in [0.05, 0.1) is 0 Å². The average molecular weight is 205 g/mol. The second-order valence-electron chi connectivity index (χ2n) is 3.23. The van der Waals surface area contributed by atoms with Gasteiger partial charge in [0.2, 0.25) is 0 Å². The van der Waals surface area contributed by atoms with Crippen molar-refractivity contribution in [2.45, 2.75) is 25.8 Å². The third kappa shape index (κ3) is 3.18. The number of aromatic nitrogens is 2. The SMILES string of the molecule is CCCC(CN)Nc1nccnc1C#N. The molecule has 0 amide bonds. The highest BCUT2D eigenvalue weighted by molar-refractivity contribution is 5.47. The third-order valence-electron chi connectivity index (χ3n) is 2.07. The molecule has 5 heteroatoms. The maximum atomic E-state index is 8.81. The standard InChI is InChI=1S/C10H15N5/c1-2-3-8(6-11)15-10-9(7-12)13-4-5-14-10/h4-5,8H,2-3,6,11H2,1H3,(H,14,15). The first-order valence-electron chi connectivity index (χ1n) is 4.99. The van der Waals surface area contributed by atoms with Crippen LogP contribution in [0.2, 0.25) is 0 Å². The van der Waals surface area contributed by atoms with Crippen LogP contribution in [0.1, 0.15) is 25.5 Å². The summed E-state index contributed by atoms with van der Waals surface area (Å²) >= 11 is 0. The minimum atomic E-state index is 0.152. The minimum absolute atomic E-state index is 0.152. The molecule has 1 aromatic heterocycles. The number of nitrogens with zero attached hydrogens (tertiary/aromatic N) is 3. The molecule has 0 spiro atoms. The lowest BCUT2D eigenvalue weighted by molar-refractivity contribution is 0.645. The van der Waals surface area contributed by atoms with Crippen molar-refractivity contribution in [3.63, 3.8) is 0 Å². The number of hydrogen-bond acceptors (Lipinski definition) is 5. The topological polar surface area (TPSA) is 87.6 Å². The predicted octanol–water partition coefficient (Wildman–Crippen LogP) is 0.888. The first kappa shape index (κ1) is 11.4. The fraction of sp³-hybridized carbons (Fsp3) is 0.500. The second kappa shape index (κ2) is 5.94. The van der Waals surface area contributed by atoms with Gasteiger partial charge in [-0.25, -0.2) is 9.97 Å². The Morgan fingerprint density at radius 2 is 2.27 bits per heavy atom. The van der Waals surface area contributed by atoms with Gasteiger partial charge in [0.15, 0.2) is 11.5 Å². The molecular weight excluding hydrogens is 190 g/mol. The molecular formula is C10H15N5. The molecule has 15 heavy (non-hydrogen) atoms. The Bertz CT molecular complexity index is 344. The normalized spacial score (nSPS) is 11.8. The first-order chi connectivity index (χ1) is 7.31. The molecule has 0 aliphatic carbocycles. The van der Waals surface area contributed by atoms with Gasteiger partial charge < -0.3 is 11.1 Å². The highest BCUT2D eigenvalue weighted by Crippen LogP contribution is 2.10. The molecule has 0 saturated heterocycles. The number of nitriles is 1. The van der Waals surface area contributed by atoms with Crippen LogP contribution in [-0.4, -0.2) is 22.6 Å². The summed E-state index contributed by atoms with van der Waals surface area (Å²) in [5, 5.41) is 11.9. The van der Waals surface area contributed by atoms with Crippen molar-refractivity contribution in [1.29, 1.82) is 5.26 Å². The summed E-state index contributed by atoms with van der Waals surface area (Å²) in [6.45, 7) is 2.61. The van der Waals surface area contributed by atoms with E-state index in [2.05, 4.69) is 22.2 Å². The predicted molar refractivity (Wildman–Crippen MR) is 58.1 cm³/mol. The van der Waals surface area contributed by atoms with E-state index in [1.165, 1.54) is 6.20 Å². The summed E-state index contributed by atoms with van der Waals surface area (Å²) in [6, 6.07) is 2.14. The number of hydrogen-bond donors (Lipinski definition) is 2. The quantitative estimate of drug-likeness (QED) is 0.745. The summed E-state index contributed by atoms with van der Waals surface area (Å²) in [5.41, 5.74) is 5.92. The molecule has 0 aromatic carbocycles. The fourth-order valence-electron chi connectivity index (χ4n) is 1.32. The van der Waals surface area contributed by atoms with Crippen LogP contribution in [0.4, 0.5) is 5.82 Å². The van der Waals surface area contributed by atoms with Crippen molar-refractivity contribution in [3.05, 3.63) is 18.1 Å². The average Bonchev–Trinajstić information content (AvgIpc) is 2.29. The van der Waals surface area contributed by atoms with Crippen molar-refractivity contribution in [2.24, 2.45) is 5.73 Å². The van der Waals surface area contributed by atoms with Crippen LogP contribution in [0.15, 0.2) is 12.4 Å². The van der Waals surface area contributed by atoms with Gasteiger partial charge in [0.25, 0.3) is 0 Å². The summed E-state index contributed by atoms with van der Waals surface area (Å²) in [5.74, 6) is 0.518. The Labute approximate surface area is 89.3 Å².